The van der Waals surface area contributed by atoms with Gasteiger partial charge in [0.1, 0.15) is 5.82 Å². The quantitative estimate of drug-likeness (QED) is 0.827. The molecule has 1 saturated heterocycles. The highest BCUT2D eigenvalue weighted by molar-refractivity contribution is 5.73. The molecule has 1 aliphatic heterocycles. The van der Waals surface area contributed by atoms with Crippen LogP contribution < -0.4 is 5.32 Å². The lowest BCUT2D eigenvalue weighted by Gasteiger charge is -2.18. The zero-order valence-electron chi connectivity index (χ0n) is 13.8. The Bertz CT molecular complexity index is 588. The lowest BCUT2D eigenvalue weighted by molar-refractivity contribution is -0.140. The van der Waals surface area contributed by atoms with Gasteiger partial charge in [-0.2, -0.15) is 13.2 Å². The Kier molecular flexibility index (Phi) is 5.85. The first-order valence-electron chi connectivity index (χ1n) is 8.05. The van der Waals surface area contributed by atoms with Gasteiger partial charge in [0.15, 0.2) is 0 Å². The summed E-state index contributed by atoms with van der Waals surface area (Å²) in [5, 5.41) is 2.92. The van der Waals surface area contributed by atoms with E-state index >= 15 is 0 Å². The Balaban J connectivity index is 2.10. The molecule has 0 bridgehead atoms. The zero-order chi connectivity index (χ0) is 17.9. The molecule has 2 atom stereocenters. The average molecular weight is 346 g/mol. The van der Waals surface area contributed by atoms with E-state index in [1.807, 2.05) is 4.90 Å². The average Bonchev–Trinajstić information content (AvgIpc) is 2.81. The summed E-state index contributed by atoms with van der Waals surface area (Å²) in [4.78, 5) is 13.3. The van der Waals surface area contributed by atoms with Gasteiger partial charge in [-0.05, 0) is 30.0 Å². The van der Waals surface area contributed by atoms with Gasteiger partial charge in [0.25, 0.3) is 0 Å². The van der Waals surface area contributed by atoms with Gasteiger partial charge in [0.2, 0.25) is 5.91 Å². The number of amides is 1. The Morgan fingerprint density at radius 2 is 2.04 bits per heavy atom. The van der Waals surface area contributed by atoms with Crippen LogP contribution in [0, 0.1) is 11.7 Å². The van der Waals surface area contributed by atoms with Gasteiger partial charge in [0.05, 0.1) is 5.56 Å². The van der Waals surface area contributed by atoms with Crippen molar-refractivity contribution in [1.29, 1.82) is 0 Å². The predicted molar refractivity (Wildman–Crippen MR) is 82.7 cm³/mol. The molecule has 1 N–H and O–H groups in total. The fourth-order valence-electron chi connectivity index (χ4n) is 3.32. The third-order valence-electron chi connectivity index (χ3n) is 4.31. The van der Waals surface area contributed by atoms with Crippen LogP contribution in [0.2, 0.25) is 0 Å². The number of nitrogens with one attached hydrogen (secondary N) is 1. The fourth-order valence-corrected chi connectivity index (χ4v) is 3.32. The Hall–Kier alpha value is -1.63. The van der Waals surface area contributed by atoms with Crippen LogP contribution in [0.25, 0.3) is 0 Å². The summed E-state index contributed by atoms with van der Waals surface area (Å²) >= 11 is 0. The van der Waals surface area contributed by atoms with Gasteiger partial charge in [-0.15, -0.1) is 0 Å². The second-order valence-electron chi connectivity index (χ2n) is 6.36. The maximum atomic E-state index is 13.4. The smallest absolute Gasteiger partial charge is 0.352 e. The highest BCUT2D eigenvalue weighted by Crippen LogP contribution is 2.32. The highest BCUT2D eigenvalue weighted by Gasteiger charge is 2.35. The monoisotopic (exact) mass is 346 g/mol. The van der Waals surface area contributed by atoms with Gasteiger partial charge in [-0.3, -0.25) is 9.69 Å². The molecule has 0 aliphatic carbocycles. The number of hydrogen-bond acceptors (Lipinski definition) is 2. The van der Waals surface area contributed by atoms with Crippen LogP contribution in [0.4, 0.5) is 17.6 Å². The molecule has 134 valence electrons. The molecule has 1 amide bonds. The van der Waals surface area contributed by atoms with E-state index in [0.29, 0.717) is 25.2 Å². The van der Waals surface area contributed by atoms with Gasteiger partial charge in [0, 0.05) is 32.6 Å². The molecule has 7 heteroatoms. The van der Waals surface area contributed by atoms with Crippen molar-refractivity contribution in [3.8, 4) is 0 Å². The predicted octanol–water partition coefficient (Wildman–Crippen LogP) is 3.58. The topological polar surface area (TPSA) is 32.3 Å². The normalized spacial score (nSPS) is 21.9. The summed E-state index contributed by atoms with van der Waals surface area (Å²) in [5.41, 5.74) is -0.815. The number of alkyl halides is 3. The van der Waals surface area contributed by atoms with E-state index in [9.17, 15) is 22.4 Å². The van der Waals surface area contributed by atoms with Gasteiger partial charge < -0.3 is 5.32 Å². The molecule has 24 heavy (non-hydrogen) atoms. The van der Waals surface area contributed by atoms with Crippen LogP contribution >= 0.6 is 0 Å². The minimum absolute atomic E-state index is 0.00462. The van der Waals surface area contributed by atoms with Crippen molar-refractivity contribution in [3.63, 3.8) is 0 Å². The summed E-state index contributed by atoms with van der Waals surface area (Å²) in [6, 6.07) is 3.12. The van der Waals surface area contributed by atoms with Crippen molar-refractivity contribution in [2.45, 2.75) is 45.5 Å². The number of benzene rings is 1. The third kappa shape index (κ3) is 4.69. The molecule has 3 nitrogen and oxygen atoms in total. The number of hydrogen-bond donors (Lipinski definition) is 1. The zero-order valence-corrected chi connectivity index (χ0v) is 13.8. The van der Waals surface area contributed by atoms with E-state index in [4.69, 9.17) is 0 Å². The van der Waals surface area contributed by atoms with E-state index in [2.05, 4.69) is 12.2 Å². The van der Waals surface area contributed by atoms with Crippen molar-refractivity contribution in [1.82, 2.24) is 10.2 Å². The number of likely N-dealkylation sites (tertiary alicyclic amines) is 1. The maximum absolute atomic E-state index is 13.4. The molecule has 0 saturated carbocycles. The lowest BCUT2D eigenvalue weighted by atomic mass is 9.98. The second-order valence-corrected chi connectivity index (χ2v) is 6.36. The van der Waals surface area contributed by atoms with Gasteiger partial charge in [-0.25, -0.2) is 4.39 Å². The third-order valence-corrected chi connectivity index (χ3v) is 4.31. The molecule has 1 aliphatic rings. The molecular formula is C17H22F4N2O. The van der Waals surface area contributed by atoms with Crippen molar-refractivity contribution < 1.29 is 22.4 Å². The van der Waals surface area contributed by atoms with Crippen LogP contribution in [0.5, 0.6) is 0 Å². The second kappa shape index (κ2) is 7.51. The highest BCUT2D eigenvalue weighted by atomic mass is 19.4. The largest absolute Gasteiger partial charge is 0.419 e. The first-order chi connectivity index (χ1) is 11.2. The molecule has 0 radical (unpaired) electrons. The summed E-state index contributed by atoms with van der Waals surface area (Å²) in [7, 11) is 0. The summed E-state index contributed by atoms with van der Waals surface area (Å²) < 4.78 is 51.8. The molecule has 0 aromatic heterocycles. The first-order valence-corrected chi connectivity index (χ1v) is 8.05. The van der Waals surface area contributed by atoms with E-state index in [1.54, 1.807) is 0 Å². The van der Waals surface area contributed by atoms with Crippen LogP contribution in [0.3, 0.4) is 0 Å². The van der Waals surface area contributed by atoms with Crippen molar-refractivity contribution in [2.24, 2.45) is 5.92 Å². The molecule has 1 fully saturated rings. The number of rotatable bonds is 5. The molecule has 1 aromatic rings. The number of nitrogens with zero attached hydrogens (tertiary/aromatic N) is 1. The lowest BCUT2D eigenvalue weighted by Crippen LogP contribution is -2.39. The Morgan fingerprint density at radius 1 is 1.33 bits per heavy atom. The summed E-state index contributed by atoms with van der Waals surface area (Å²) in [5.74, 6) is -1.09. The first kappa shape index (κ1) is 18.7. The summed E-state index contributed by atoms with van der Waals surface area (Å²) in [6.45, 7) is 5.12. The molecule has 0 unspecified atom stereocenters. The number of carbonyl (C=O) groups is 1. The minimum atomic E-state index is -4.70. The van der Waals surface area contributed by atoms with Crippen molar-refractivity contribution >= 4 is 5.91 Å². The maximum Gasteiger partial charge on any atom is 0.419 e. The Morgan fingerprint density at radius 3 is 2.62 bits per heavy atom. The van der Waals surface area contributed by atoms with E-state index < -0.39 is 17.6 Å². The van der Waals surface area contributed by atoms with Crippen LogP contribution in [0.15, 0.2) is 18.2 Å². The molecule has 1 aromatic carbocycles. The molecule has 1 heterocycles. The van der Waals surface area contributed by atoms with Gasteiger partial charge in [-0.1, -0.05) is 19.4 Å². The summed E-state index contributed by atoms with van der Waals surface area (Å²) in [6.07, 6.45) is -2.78. The van der Waals surface area contributed by atoms with Crippen LogP contribution in [0.1, 0.15) is 37.8 Å². The standard InChI is InChI=1S/C17H22F4N2O/c1-3-4-13-9-23(10-16(13)22-11(2)24)8-12-5-6-15(18)14(7-12)17(19,20)21/h5-7,13,16H,3-4,8-10H2,1-2H3,(H,22,24)/t13-,16-/m1/s1. The number of halogens is 4. The van der Waals surface area contributed by atoms with Crippen molar-refractivity contribution in [3.05, 3.63) is 35.1 Å². The van der Waals surface area contributed by atoms with Crippen molar-refractivity contribution in [2.75, 3.05) is 13.1 Å². The fraction of sp³-hybridized carbons (Fsp3) is 0.588. The minimum Gasteiger partial charge on any atom is -0.352 e. The SMILES string of the molecule is CCC[C@@H]1CN(Cc2ccc(F)c(C(F)(F)F)c2)C[C@H]1NC(C)=O. The van der Waals surface area contributed by atoms with E-state index in [0.717, 1.165) is 25.0 Å². The molecule has 2 rings (SSSR count). The van der Waals surface area contributed by atoms with Crippen LogP contribution in [-0.4, -0.2) is 29.9 Å². The van der Waals surface area contributed by atoms with E-state index in [-0.39, 0.29) is 17.9 Å². The number of carbonyl (C=O) groups excluding carboxylic acids is 1. The molecule has 0 spiro atoms. The van der Waals surface area contributed by atoms with E-state index in [1.165, 1.54) is 13.0 Å². The van der Waals surface area contributed by atoms with Crippen LogP contribution in [-0.2, 0) is 17.5 Å². The van der Waals surface area contributed by atoms with Gasteiger partial charge >= 0.3 is 6.18 Å². The molecular weight excluding hydrogens is 324 g/mol. The Labute approximate surface area is 139 Å².